The number of rotatable bonds is 5. The molecule has 0 spiro atoms. The van der Waals surface area contributed by atoms with Crippen LogP contribution in [0.15, 0.2) is 18.2 Å². The van der Waals surface area contributed by atoms with Crippen LogP contribution in [-0.2, 0) is 11.2 Å². The summed E-state index contributed by atoms with van der Waals surface area (Å²) in [6, 6.07) is 3.63. The van der Waals surface area contributed by atoms with Gasteiger partial charge in [-0.25, -0.2) is 4.39 Å². The van der Waals surface area contributed by atoms with Crippen LogP contribution in [0.3, 0.4) is 0 Å². The third-order valence-corrected chi connectivity index (χ3v) is 2.60. The molecule has 0 aliphatic rings. The van der Waals surface area contributed by atoms with Crippen LogP contribution in [0.1, 0.15) is 17.2 Å². The predicted molar refractivity (Wildman–Crippen MR) is 59.4 cm³/mol. The van der Waals surface area contributed by atoms with Gasteiger partial charge in [0.1, 0.15) is 11.9 Å². The molecule has 0 amide bonds. The number of hydrogen-bond acceptors (Lipinski definition) is 3. The molecule has 3 N–H and O–H groups in total. The van der Waals surface area contributed by atoms with Crippen molar-refractivity contribution in [3.8, 4) is 0 Å². The second-order valence-electron chi connectivity index (χ2n) is 3.59. The van der Waals surface area contributed by atoms with Crippen molar-refractivity contribution in [3.05, 3.63) is 35.1 Å². The molecular weight excluding hydrogens is 251 g/mol. The van der Waals surface area contributed by atoms with Gasteiger partial charge < -0.3 is 15.3 Å². The Morgan fingerprint density at radius 3 is 2.53 bits per heavy atom. The van der Waals surface area contributed by atoms with Gasteiger partial charge in [0.15, 0.2) is 0 Å². The molecule has 2 atom stereocenters. The summed E-state index contributed by atoms with van der Waals surface area (Å²) in [6.07, 6.45) is -2.91. The maximum atomic E-state index is 13.4. The number of carboxylic acid groups (broad SMARTS) is 1. The van der Waals surface area contributed by atoms with Gasteiger partial charge in [-0.1, -0.05) is 12.1 Å². The van der Waals surface area contributed by atoms with Crippen LogP contribution in [-0.4, -0.2) is 33.3 Å². The van der Waals surface area contributed by atoms with Crippen LogP contribution in [0, 0.1) is 5.82 Å². The number of aliphatic hydroxyl groups is 2. The van der Waals surface area contributed by atoms with E-state index in [1.807, 2.05) is 0 Å². The fraction of sp³-hybridized carbons (Fsp3) is 0.364. The molecule has 1 aromatic carbocycles. The van der Waals surface area contributed by atoms with Crippen LogP contribution < -0.4 is 0 Å². The molecule has 1 rings (SSSR count). The van der Waals surface area contributed by atoms with Crippen molar-refractivity contribution in [2.24, 2.45) is 0 Å². The van der Waals surface area contributed by atoms with E-state index >= 15 is 0 Å². The molecule has 4 nitrogen and oxygen atoms in total. The van der Waals surface area contributed by atoms with Crippen molar-refractivity contribution in [2.45, 2.75) is 18.6 Å². The second kappa shape index (κ2) is 5.95. The van der Waals surface area contributed by atoms with Crippen molar-refractivity contribution >= 4 is 17.6 Å². The first-order chi connectivity index (χ1) is 7.95. The summed E-state index contributed by atoms with van der Waals surface area (Å²) in [5.74, 6) is -2.05. The Balaban J connectivity index is 2.92. The van der Waals surface area contributed by atoms with Gasteiger partial charge in [0, 0.05) is 0 Å². The number of hydrogen-bond donors (Lipinski definition) is 3. The quantitative estimate of drug-likeness (QED) is 0.694. The highest BCUT2D eigenvalue weighted by Gasteiger charge is 2.19. The third-order valence-electron chi connectivity index (χ3n) is 2.28. The van der Waals surface area contributed by atoms with E-state index in [4.69, 9.17) is 16.7 Å². The van der Waals surface area contributed by atoms with Crippen molar-refractivity contribution in [2.75, 3.05) is 5.88 Å². The van der Waals surface area contributed by atoms with E-state index in [1.54, 1.807) is 0 Å². The summed E-state index contributed by atoms with van der Waals surface area (Å²) in [5, 5.41) is 27.4. The van der Waals surface area contributed by atoms with Gasteiger partial charge in [-0.3, -0.25) is 4.79 Å². The maximum absolute atomic E-state index is 13.4. The molecule has 1 aromatic rings. The van der Waals surface area contributed by atoms with Crippen LogP contribution in [0.5, 0.6) is 0 Å². The van der Waals surface area contributed by atoms with Crippen LogP contribution >= 0.6 is 11.6 Å². The highest BCUT2D eigenvalue weighted by molar-refractivity contribution is 6.18. The summed E-state index contributed by atoms with van der Waals surface area (Å²) >= 11 is 5.36. The Bertz CT molecular complexity index is 410. The van der Waals surface area contributed by atoms with Gasteiger partial charge in [0.25, 0.3) is 0 Å². The molecular formula is C11H12ClFO4. The van der Waals surface area contributed by atoms with Crippen molar-refractivity contribution in [1.29, 1.82) is 0 Å². The minimum absolute atomic E-state index is 0.0220. The SMILES string of the molecule is O=C(O)Cc1ccc(C(O)C(O)CCl)cc1F. The molecule has 0 aromatic heterocycles. The average Bonchev–Trinajstić information content (AvgIpc) is 2.29. The molecule has 0 heterocycles. The number of carbonyl (C=O) groups is 1. The summed E-state index contributed by atoms with van der Waals surface area (Å²) in [6.45, 7) is 0. The fourth-order valence-corrected chi connectivity index (χ4v) is 1.53. The number of aliphatic carboxylic acids is 1. The van der Waals surface area contributed by atoms with E-state index in [9.17, 15) is 19.4 Å². The highest BCUT2D eigenvalue weighted by Crippen LogP contribution is 2.20. The Morgan fingerprint density at radius 1 is 1.41 bits per heavy atom. The van der Waals surface area contributed by atoms with Gasteiger partial charge in [-0.2, -0.15) is 0 Å². The van der Waals surface area contributed by atoms with E-state index in [0.29, 0.717) is 0 Å². The largest absolute Gasteiger partial charge is 0.481 e. The van der Waals surface area contributed by atoms with E-state index in [1.165, 1.54) is 12.1 Å². The van der Waals surface area contributed by atoms with Gasteiger partial charge >= 0.3 is 5.97 Å². The minimum Gasteiger partial charge on any atom is -0.481 e. The Kier molecular flexibility index (Phi) is 4.86. The third kappa shape index (κ3) is 3.66. The number of alkyl halides is 1. The van der Waals surface area contributed by atoms with E-state index in [2.05, 4.69) is 0 Å². The number of carboxylic acids is 1. The van der Waals surface area contributed by atoms with Crippen LogP contribution in [0.4, 0.5) is 4.39 Å². The highest BCUT2D eigenvalue weighted by atomic mass is 35.5. The Labute approximate surface area is 102 Å². The summed E-state index contributed by atoms with van der Waals surface area (Å²) in [7, 11) is 0. The maximum Gasteiger partial charge on any atom is 0.307 e. The topological polar surface area (TPSA) is 77.8 Å². The van der Waals surface area contributed by atoms with Crippen LogP contribution in [0.2, 0.25) is 0 Å². The fourth-order valence-electron chi connectivity index (χ4n) is 1.36. The monoisotopic (exact) mass is 262 g/mol. The molecule has 17 heavy (non-hydrogen) atoms. The molecule has 2 unspecified atom stereocenters. The summed E-state index contributed by atoms with van der Waals surface area (Å²) < 4.78 is 13.4. The molecule has 0 fully saturated rings. The first-order valence-corrected chi connectivity index (χ1v) is 5.41. The van der Waals surface area contributed by atoms with E-state index in [0.717, 1.165) is 6.07 Å². The molecule has 94 valence electrons. The molecule has 0 aliphatic carbocycles. The second-order valence-corrected chi connectivity index (χ2v) is 3.90. The predicted octanol–water partition coefficient (Wildman–Crippen LogP) is 1.09. The molecule has 6 heteroatoms. The Hall–Kier alpha value is -1.17. The average molecular weight is 263 g/mol. The first-order valence-electron chi connectivity index (χ1n) is 4.88. The molecule has 0 saturated carbocycles. The van der Waals surface area contributed by atoms with Crippen molar-refractivity contribution < 1.29 is 24.5 Å². The lowest BCUT2D eigenvalue weighted by Gasteiger charge is -2.16. The molecule has 0 radical (unpaired) electrons. The normalized spacial score (nSPS) is 14.4. The lowest BCUT2D eigenvalue weighted by molar-refractivity contribution is -0.136. The zero-order valence-corrected chi connectivity index (χ0v) is 9.56. The number of halogens is 2. The zero-order chi connectivity index (χ0) is 13.0. The van der Waals surface area contributed by atoms with Gasteiger partial charge in [0.05, 0.1) is 18.4 Å². The Morgan fingerprint density at radius 2 is 2.06 bits per heavy atom. The zero-order valence-electron chi connectivity index (χ0n) is 8.81. The molecule has 0 saturated heterocycles. The van der Waals surface area contributed by atoms with Gasteiger partial charge in [-0.05, 0) is 17.2 Å². The number of aliphatic hydroxyl groups excluding tert-OH is 2. The van der Waals surface area contributed by atoms with E-state index in [-0.39, 0.29) is 17.0 Å². The summed E-state index contributed by atoms with van der Waals surface area (Å²) in [4.78, 5) is 10.4. The molecule has 0 bridgehead atoms. The van der Waals surface area contributed by atoms with Crippen LogP contribution in [0.25, 0.3) is 0 Å². The lowest BCUT2D eigenvalue weighted by Crippen LogP contribution is -2.20. The van der Waals surface area contributed by atoms with Gasteiger partial charge in [0.2, 0.25) is 0 Å². The number of benzene rings is 1. The lowest BCUT2D eigenvalue weighted by atomic mass is 10.0. The molecule has 0 aliphatic heterocycles. The summed E-state index contributed by atoms with van der Waals surface area (Å²) in [5.41, 5.74) is 0.179. The van der Waals surface area contributed by atoms with Crippen molar-refractivity contribution in [1.82, 2.24) is 0 Å². The van der Waals surface area contributed by atoms with Gasteiger partial charge in [-0.15, -0.1) is 11.6 Å². The van der Waals surface area contributed by atoms with E-state index < -0.39 is 30.4 Å². The van der Waals surface area contributed by atoms with Crippen molar-refractivity contribution in [3.63, 3.8) is 0 Å². The smallest absolute Gasteiger partial charge is 0.307 e. The first kappa shape index (κ1) is 13.9. The standard InChI is InChI=1S/C11H12ClFO4/c12-5-9(14)11(17)7-2-1-6(4-10(15)16)8(13)3-7/h1-3,9,11,14,17H,4-5H2,(H,15,16). The minimum atomic E-state index is -1.29.